The molecule has 0 saturated heterocycles. The highest BCUT2D eigenvalue weighted by molar-refractivity contribution is 6.31. The molecule has 0 bridgehead atoms. The van der Waals surface area contributed by atoms with Crippen LogP contribution in [-0.2, 0) is 6.54 Å². The molecule has 1 N–H and O–H groups in total. The first-order valence-corrected chi connectivity index (χ1v) is 7.38. The molecule has 0 atom stereocenters. The molecule has 0 saturated carbocycles. The van der Waals surface area contributed by atoms with Crippen LogP contribution in [0.2, 0.25) is 10.0 Å². The summed E-state index contributed by atoms with van der Waals surface area (Å²) in [5.41, 5.74) is 3.12. The number of nitrogens with one attached hydrogen (secondary N) is 1. The minimum atomic E-state index is 0.463. The Kier molecular flexibility index (Phi) is 5.54. The van der Waals surface area contributed by atoms with Crippen LogP contribution in [0.25, 0.3) is 0 Å². The second-order valence-corrected chi connectivity index (χ2v) is 5.54. The number of aryl methyl sites for hydroxylation is 1. The highest BCUT2D eigenvalue weighted by atomic mass is 35.5. The van der Waals surface area contributed by atoms with E-state index in [0.717, 1.165) is 22.6 Å². The van der Waals surface area contributed by atoms with E-state index in [9.17, 15) is 0 Å². The number of hydrogen-bond acceptors (Lipinski definition) is 2. The third-order valence-electron chi connectivity index (χ3n) is 3.05. The van der Waals surface area contributed by atoms with E-state index in [-0.39, 0.29) is 0 Å². The van der Waals surface area contributed by atoms with Crippen molar-refractivity contribution in [3.05, 3.63) is 70.2 Å². The summed E-state index contributed by atoms with van der Waals surface area (Å²) in [6.07, 6.45) is 1.72. The van der Waals surface area contributed by atoms with Crippen LogP contribution < -0.4 is 10.1 Å². The van der Waals surface area contributed by atoms with Crippen molar-refractivity contribution in [2.45, 2.75) is 13.5 Å². The van der Waals surface area contributed by atoms with E-state index in [2.05, 4.69) is 11.9 Å². The topological polar surface area (TPSA) is 21.3 Å². The van der Waals surface area contributed by atoms with Crippen molar-refractivity contribution < 1.29 is 4.74 Å². The fourth-order valence-electron chi connectivity index (χ4n) is 1.95. The summed E-state index contributed by atoms with van der Waals surface area (Å²) in [6, 6.07) is 11.3. The van der Waals surface area contributed by atoms with Gasteiger partial charge in [0.1, 0.15) is 12.4 Å². The van der Waals surface area contributed by atoms with Crippen LogP contribution >= 0.6 is 23.2 Å². The van der Waals surface area contributed by atoms with Crippen LogP contribution in [0.4, 0.5) is 5.69 Å². The van der Waals surface area contributed by atoms with Gasteiger partial charge in [0, 0.05) is 27.8 Å². The van der Waals surface area contributed by atoms with Crippen LogP contribution in [0.1, 0.15) is 11.1 Å². The molecular formula is C17H17Cl2NO. The summed E-state index contributed by atoms with van der Waals surface area (Å²) in [7, 11) is 0. The second-order valence-electron chi connectivity index (χ2n) is 4.66. The van der Waals surface area contributed by atoms with Gasteiger partial charge in [-0.3, -0.25) is 0 Å². The molecule has 4 heteroatoms. The van der Waals surface area contributed by atoms with Crippen LogP contribution in [0.15, 0.2) is 49.1 Å². The van der Waals surface area contributed by atoms with E-state index < -0.39 is 0 Å². The molecule has 2 nitrogen and oxygen atoms in total. The van der Waals surface area contributed by atoms with Gasteiger partial charge in [-0.1, -0.05) is 41.9 Å². The molecule has 2 rings (SSSR count). The number of anilines is 1. The van der Waals surface area contributed by atoms with Gasteiger partial charge in [0.15, 0.2) is 0 Å². The third-order valence-corrected chi connectivity index (χ3v) is 3.52. The quantitative estimate of drug-likeness (QED) is 0.711. The molecule has 0 aromatic heterocycles. The predicted octanol–water partition coefficient (Wildman–Crippen LogP) is 5.48. The van der Waals surface area contributed by atoms with Gasteiger partial charge in [-0.2, -0.15) is 0 Å². The Morgan fingerprint density at radius 1 is 1.14 bits per heavy atom. The molecule has 0 radical (unpaired) electrons. The highest BCUT2D eigenvalue weighted by Gasteiger charge is 2.06. The van der Waals surface area contributed by atoms with Crippen molar-refractivity contribution in [1.29, 1.82) is 0 Å². The summed E-state index contributed by atoms with van der Waals surface area (Å²) in [4.78, 5) is 0. The van der Waals surface area contributed by atoms with Crippen molar-refractivity contribution in [1.82, 2.24) is 0 Å². The normalized spacial score (nSPS) is 10.2. The Hall–Kier alpha value is -1.64. The Labute approximate surface area is 135 Å². The second kappa shape index (κ2) is 7.39. The number of benzene rings is 2. The molecular weight excluding hydrogens is 305 g/mol. The minimum absolute atomic E-state index is 0.463. The van der Waals surface area contributed by atoms with Crippen molar-refractivity contribution in [2.75, 3.05) is 11.9 Å². The lowest BCUT2D eigenvalue weighted by Crippen LogP contribution is -2.04. The molecule has 110 valence electrons. The van der Waals surface area contributed by atoms with E-state index in [1.54, 1.807) is 6.08 Å². The van der Waals surface area contributed by atoms with Gasteiger partial charge in [-0.05, 0) is 42.8 Å². The molecule has 0 aliphatic rings. The first kappa shape index (κ1) is 15.7. The number of halogens is 2. The standard InChI is InChI=1S/C17H17Cl2NO/c1-3-8-21-17-7-6-14(18)9-13(17)11-20-16-10-15(19)5-4-12(16)2/h3-7,9-10,20H,1,8,11H2,2H3. The van der Waals surface area contributed by atoms with Gasteiger partial charge in [-0.15, -0.1) is 0 Å². The number of rotatable bonds is 6. The maximum absolute atomic E-state index is 6.06. The maximum atomic E-state index is 6.06. The van der Waals surface area contributed by atoms with Gasteiger partial charge < -0.3 is 10.1 Å². The SMILES string of the molecule is C=CCOc1ccc(Cl)cc1CNc1cc(Cl)ccc1C. The molecule has 0 spiro atoms. The summed E-state index contributed by atoms with van der Waals surface area (Å²) in [6.45, 7) is 6.76. The smallest absolute Gasteiger partial charge is 0.124 e. The molecule has 0 amide bonds. The fourth-order valence-corrected chi connectivity index (χ4v) is 2.32. The first-order valence-electron chi connectivity index (χ1n) is 6.62. The largest absolute Gasteiger partial charge is 0.489 e. The fraction of sp³-hybridized carbons (Fsp3) is 0.176. The Bertz CT molecular complexity index is 641. The zero-order chi connectivity index (χ0) is 15.2. The van der Waals surface area contributed by atoms with Crippen LogP contribution in [0.5, 0.6) is 5.75 Å². The van der Waals surface area contributed by atoms with Gasteiger partial charge in [-0.25, -0.2) is 0 Å². The highest BCUT2D eigenvalue weighted by Crippen LogP contribution is 2.26. The first-order chi connectivity index (χ1) is 10.1. The minimum Gasteiger partial charge on any atom is -0.489 e. The lowest BCUT2D eigenvalue weighted by atomic mass is 10.1. The maximum Gasteiger partial charge on any atom is 0.124 e. The van der Waals surface area contributed by atoms with Gasteiger partial charge in [0.25, 0.3) is 0 Å². The van der Waals surface area contributed by atoms with Crippen LogP contribution in [0, 0.1) is 6.92 Å². The van der Waals surface area contributed by atoms with Crippen molar-refractivity contribution in [2.24, 2.45) is 0 Å². The van der Waals surface area contributed by atoms with Gasteiger partial charge in [0.05, 0.1) is 0 Å². The lowest BCUT2D eigenvalue weighted by Gasteiger charge is -2.14. The zero-order valence-corrected chi connectivity index (χ0v) is 13.3. The average Bonchev–Trinajstić information content (AvgIpc) is 2.47. The van der Waals surface area contributed by atoms with Crippen molar-refractivity contribution >= 4 is 28.9 Å². The monoisotopic (exact) mass is 321 g/mol. The van der Waals surface area contributed by atoms with Gasteiger partial charge >= 0.3 is 0 Å². The number of hydrogen-bond donors (Lipinski definition) is 1. The van der Waals surface area contributed by atoms with Gasteiger partial charge in [0.2, 0.25) is 0 Å². The molecule has 0 unspecified atom stereocenters. The molecule has 0 aliphatic heterocycles. The molecule has 0 heterocycles. The lowest BCUT2D eigenvalue weighted by molar-refractivity contribution is 0.359. The Balaban J connectivity index is 2.16. The van der Waals surface area contributed by atoms with E-state index in [0.29, 0.717) is 23.2 Å². The predicted molar refractivity (Wildman–Crippen MR) is 90.7 cm³/mol. The Morgan fingerprint density at radius 2 is 1.86 bits per heavy atom. The molecule has 21 heavy (non-hydrogen) atoms. The van der Waals surface area contributed by atoms with E-state index in [4.69, 9.17) is 27.9 Å². The van der Waals surface area contributed by atoms with Crippen molar-refractivity contribution in [3.8, 4) is 5.75 Å². The Morgan fingerprint density at radius 3 is 2.62 bits per heavy atom. The van der Waals surface area contributed by atoms with Crippen LogP contribution in [-0.4, -0.2) is 6.61 Å². The molecule has 2 aromatic carbocycles. The van der Waals surface area contributed by atoms with Crippen molar-refractivity contribution in [3.63, 3.8) is 0 Å². The summed E-state index contributed by atoms with van der Waals surface area (Å²) >= 11 is 12.1. The molecule has 0 aliphatic carbocycles. The van der Waals surface area contributed by atoms with Crippen LogP contribution in [0.3, 0.4) is 0 Å². The van der Waals surface area contributed by atoms with E-state index in [1.165, 1.54) is 0 Å². The summed E-state index contributed by atoms with van der Waals surface area (Å²) < 4.78 is 5.64. The molecule has 0 fully saturated rings. The summed E-state index contributed by atoms with van der Waals surface area (Å²) in [5, 5.41) is 4.75. The average molecular weight is 322 g/mol. The summed E-state index contributed by atoms with van der Waals surface area (Å²) in [5.74, 6) is 0.798. The molecule has 2 aromatic rings. The number of ether oxygens (including phenoxy) is 1. The zero-order valence-electron chi connectivity index (χ0n) is 11.8. The van der Waals surface area contributed by atoms with E-state index in [1.807, 2.05) is 43.3 Å². The third kappa shape index (κ3) is 4.42. The van der Waals surface area contributed by atoms with E-state index >= 15 is 0 Å².